The van der Waals surface area contributed by atoms with Gasteiger partial charge in [0.15, 0.2) is 0 Å². The molecule has 0 fully saturated rings. The van der Waals surface area contributed by atoms with Gasteiger partial charge >= 0.3 is 0 Å². The molecule has 0 bridgehead atoms. The van der Waals surface area contributed by atoms with Crippen molar-refractivity contribution < 1.29 is 4.74 Å². The Morgan fingerprint density at radius 3 is 2.29 bits per heavy atom. The molecule has 2 nitrogen and oxygen atoms in total. The number of hydrogen-bond donors (Lipinski definition) is 1. The number of benzene rings is 2. The minimum atomic E-state index is 0.560. The highest BCUT2D eigenvalue weighted by molar-refractivity contribution is 5.27. The Balaban J connectivity index is 1.69. The largest absolute Gasteiger partial charge is 0.493 e. The summed E-state index contributed by atoms with van der Waals surface area (Å²) in [6, 6.07) is 18.9. The van der Waals surface area contributed by atoms with E-state index in [1.807, 2.05) is 0 Å². The quantitative estimate of drug-likeness (QED) is 0.738. The highest BCUT2D eigenvalue weighted by Crippen LogP contribution is 2.13. The molecule has 0 spiro atoms. The Morgan fingerprint density at radius 1 is 0.905 bits per heavy atom. The molecular weight excluding hydrogens is 258 g/mol. The topological polar surface area (TPSA) is 21.3 Å². The zero-order valence-electron chi connectivity index (χ0n) is 13.0. The van der Waals surface area contributed by atoms with E-state index in [2.05, 4.69) is 73.8 Å². The van der Waals surface area contributed by atoms with Crippen molar-refractivity contribution in [1.29, 1.82) is 0 Å². The highest BCUT2D eigenvalue weighted by Gasteiger charge is 1.98. The first kappa shape index (κ1) is 15.6. The molecule has 2 aromatic rings. The van der Waals surface area contributed by atoms with E-state index in [4.69, 9.17) is 4.74 Å². The van der Waals surface area contributed by atoms with Crippen LogP contribution in [0, 0.1) is 5.92 Å². The van der Waals surface area contributed by atoms with Crippen molar-refractivity contribution in [3.63, 3.8) is 0 Å². The number of rotatable bonds is 8. The van der Waals surface area contributed by atoms with Gasteiger partial charge in [0.1, 0.15) is 5.75 Å². The van der Waals surface area contributed by atoms with E-state index in [-0.39, 0.29) is 0 Å². The second-order valence-electron chi connectivity index (χ2n) is 5.76. The molecule has 0 saturated heterocycles. The number of ether oxygens (including phenoxy) is 1. The van der Waals surface area contributed by atoms with Crippen LogP contribution in [0.25, 0.3) is 0 Å². The molecular formula is C19H25NO. The number of nitrogens with one attached hydrogen (secondary N) is 1. The van der Waals surface area contributed by atoms with Gasteiger partial charge in [-0.25, -0.2) is 0 Å². The summed E-state index contributed by atoms with van der Waals surface area (Å²) in [4.78, 5) is 0. The Kier molecular flexibility index (Phi) is 6.29. The molecule has 0 aliphatic carbocycles. The van der Waals surface area contributed by atoms with Gasteiger partial charge in [-0.2, -0.15) is 0 Å². The molecule has 0 aliphatic rings. The molecule has 1 N–H and O–H groups in total. The zero-order valence-corrected chi connectivity index (χ0v) is 13.0. The molecule has 0 aliphatic heterocycles. The van der Waals surface area contributed by atoms with Crippen LogP contribution in [0.1, 0.15) is 25.0 Å². The van der Waals surface area contributed by atoms with Crippen molar-refractivity contribution in [3.05, 3.63) is 65.7 Å². The van der Waals surface area contributed by atoms with E-state index in [0.717, 1.165) is 31.9 Å². The van der Waals surface area contributed by atoms with Crippen molar-refractivity contribution in [1.82, 2.24) is 5.32 Å². The van der Waals surface area contributed by atoms with E-state index in [9.17, 15) is 0 Å². The molecule has 0 unspecified atom stereocenters. The van der Waals surface area contributed by atoms with Crippen molar-refractivity contribution in [2.24, 2.45) is 5.92 Å². The van der Waals surface area contributed by atoms with Gasteiger partial charge < -0.3 is 10.1 Å². The molecule has 0 amide bonds. The highest BCUT2D eigenvalue weighted by atomic mass is 16.5. The smallest absolute Gasteiger partial charge is 0.119 e. The summed E-state index contributed by atoms with van der Waals surface area (Å²) in [5, 5.41) is 3.48. The molecule has 0 aromatic heterocycles. The van der Waals surface area contributed by atoms with Crippen LogP contribution in [0.5, 0.6) is 5.75 Å². The first-order valence-electron chi connectivity index (χ1n) is 7.70. The first-order valence-corrected chi connectivity index (χ1v) is 7.70. The summed E-state index contributed by atoms with van der Waals surface area (Å²) in [6.45, 7) is 6.98. The van der Waals surface area contributed by atoms with Gasteiger partial charge in [-0.3, -0.25) is 0 Å². The van der Waals surface area contributed by atoms with Crippen LogP contribution in [-0.4, -0.2) is 13.2 Å². The minimum Gasteiger partial charge on any atom is -0.493 e. The third-order valence-corrected chi connectivity index (χ3v) is 3.27. The second kappa shape index (κ2) is 8.48. The monoisotopic (exact) mass is 283 g/mol. The predicted molar refractivity (Wildman–Crippen MR) is 88.6 cm³/mol. The maximum absolute atomic E-state index is 5.69. The van der Waals surface area contributed by atoms with Crippen LogP contribution in [0.2, 0.25) is 0 Å². The van der Waals surface area contributed by atoms with Gasteiger partial charge in [-0.1, -0.05) is 56.3 Å². The van der Waals surface area contributed by atoms with E-state index in [1.54, 1.807) is 0 Å². The average Bonchev–Trinajstić information content (AvgIpc) is 2.52. The third kappa shape index (κ3) is 6.01. The summed E-state index contributed by atoms with van der Waals surface area (Å²) in [7, 11) is 0. The van der Waals surface area contributed by atoms with Gasteiger partial charge in [0.05, 0.1) is 6.61 Å². The molecule has 2 aromatic carbocycles. The summed E-state index contributed by atoms with van der Waals surface area (Å²) in [6.07, 6.45) is 1.07. The molecule has 0 saturated carbocycles. The first-order chi connectivity index (χ1) is 10.2. The van der Waals surface area contributed by atoms with Crippen molar-refractivity contribution in [2.75, 3.05) is 13.2 Å². The summed E-state index contributed by atoms with van der Waals surface area (Å²) in [5.41, 5.74) is 2.67. The lowest BCUT2D eigenvalue weighted by atomic mass is 10.1. The lowest BCUT2D eigenvalue weighted by Crippen LogP contribution is -2.16. The summed E-state index contributed by atoms with van der Waals surface area (Å²) >= 11 is 0. The van der Waals surface area contributed by atoms with Gasteiger partial charge in [-0.15, -0.1) is 0 Å². The molecule has 0 heterocycles. The van der Waals surface area contributed by atoms with Crippen LogP contribution in [0.4, 0.5) is 0 Å². The second-order valence-corrected chi connectivity index (χ2v) is 5.76. The van der Waals surface area contributed by atoms with Crippen LogP contribution in [0.15, 0.2) is 54.6 Å². The third-order valence-electron chi connectivity index (χ3n) is 3.27. The van der Waals surface area contributed by atoms with Crippen LogP contribution >= 0.6 is 0 Å². The summed E-state index contributed by atoms with van der Waals surface area (Å²) < 4.78 is 5.69. The Labute approximate surface area is 128 Å². The van der Waals surface area contributed by atoms with Crippen LogP contribution < -0.4 is 10.1 Å². The molecule has 112 valence electrons. The predicted octanol–water partition coefficient (Wildman–Crippen LogP) is 4.05. The van der Waals surface area contributed by atoms with Gasteiger partial charge in [0, 0.05) is 6.54 Å². The van der Waals surface area contributed by atoms with Gasteiger partial charge in [0.25, 0.3) is 0 Å². The van der Waals surface area contributed by atoms with Crippen molar-refractivity contribution >= 4 is 0 Å². The lowest BCUT2D eigenvalue weighted by molar-refractivity contribution is 0.271. The van der Waals surface area contributed by atoms with E-state index < -0.39 is 0 Å². The fourth-order valence-electron chi connectivity index (χ4n) is 2.08. The molecule has 0 atom stereocenters. The number of hydrogen-bond acceptors (Lipinski definition) is 2. The van der Waals surface area contributed by atoms with Crippen LogP contribution in [-0.2, 0) is 13.0 Å². The van der Waals surface area contributed by atoms with E-state index in [0.29, 0.717) is 5.92 Å². The van der Waals surface area contributed by atoms with Gasteiger partial charge in [-0.05, 0) is 42.1 Å². The van der Waals surface area contributed by atoms with E-state index >= 15 is 0 Å². The van der Waals surface area contributed by atoms with E-state index in [1.165, 1.54) is 11.1 Å². The zero-order chi connectivity index (χ0) is 14.9. The normalized spacial score (nSPS) is 10.8. The molecule has 21 heavy (non-hydrogen) atoms. The SMILES string of the molecule is CC(C)COc1ccc(CNCCc2ccccc2)cc1. The molecule has 2 rings (SSSR count). The van der Waals surface area contributed by atoms with Crippen LogP contribution in [0.3, 0.4) is 0 Å². The Hall–Kier alpha value is -1.80. The Morgan fingerprint density at radius 2 is 1.62 bits per heavy atom. The standard InChI is InChI=1S/C19H25NO/c1-16(2)15-21-19-10-8-18(9-11-19)14-20-13-12-17-6-4-3-5-7-17/h3-11,16,20H,12-15H2,1-2H3. The molecule has 2 heteroatoms. The van der Waals surface area contributed by atoms with Gasteiger partial charge in [0.2, 0.25) is 0 Å². The lowest BCUT2D eigenvalue weighted by Gasteiger charge is -2.09. The maximum atomic E-state index is 5.69. The van der Waals surface area contributed by atoms with Crippen molar-refractivity contribution in [3.8, 4) is 5.75 Å². The average molecular weight is 283 g/mol. The maximum Gasteiger partial charge on any atom is 0.119 e. The minimum absolute atomic E-state index is 0.560. The fraction of sp³-hybridized carbons (Fsp3) is 0.368. The Bertz CT molecular complexity index is 505. The van der Waals surface area contributed by atoms with Crippen molar-refractivity contribution in [2.45, 2.75) is 26.8 Å². The molecule has 0 radical (unpaired) electrons. The fourth-order valence-corrected chi connectivity index (χ4v) is 2.08. The summed E-state index contributed by atoms with van der Waals surface area (Å²) in [5.74, 6) is 1.51.